The van der Waals surface area contributed by atoms with E-state index < -0.39 is 10.2 Å². The monoisotopic (exact) mass is 280 g/mol. The third-order valence-corrected chi connectivity index (χ3v) is 4.98. The van der Waals surface area contributed by atoms with Gasteiger partial charge in [0.2, 0.25) is 0 Å². The zero-order valence-corrected chi connectivity index (χ0v) is 12.0. The fourth-order valence-electron chi connectivity index (χ4n) is 1.78. The lowest BCUT2D eigenvalue weighted by Gasteiger charge is -2.20. The van der Waals surface area contributed by atoms with Crippen LogP contribution in [0.2, 0.25) is 0 Å². The highest BCUT2D eigenvalue weighted by Crippen LogP contribution is 2.48. The smallest absolute Gasteiger partial charge is 0.279 e. The van der Waals surface area contributed by atoms with Crippen LogP contribution in [0.25, 0.3) is 0 Å². The largest absolute Gasteiger partial charge is 0.396 e. The lowest BCUT2D eigenvalue weighted by Crippen LogP contribution is -2.41. The van der Waals surface area contributed by atoms with Crippen molar-refractivity contribution in [3.8, 4) is 0 Å². The zero-order valence-electron chi connectivity index (χ0n) is 11.2. The lowest BCUT2D eigenvalue weighted by atomic mass is 10.0. The minimum absolute atomic E-state index is 0.00234. The van der Waals surface area contributed by atoms with Crippen LogP contribution in [0, 0.1) is 5.41 Å². The first-order valence-corrected chi connectivity index (χ1v) is 7.70. The standard InChI is InChI=1S/C11H24N2O4S/c1-13(7-3-8-14)18(15,16)12-10-11(4-5-11)6-9-17-2/h12,14H,3-10H2,1-2H3. The highest BCUT2D eigenvalue weighted by Gasteiger charge is 2.42. The first-order valence-electron chi connectivity index (χ1n) is 6.26. The van der Waals surface area contributed by atoms with E-state index in [2.05, 4.69) is 4.72 Å². The molecule has 1 aliphatic carbocycles. The Morgan fingerprint density at radius 2 is 2.11 bits per heavy atom. The van der Waals surface area contributed by atoms with Gasteiger partial charge in [-0.15, -0.1) is 0 Å². The average molecular weight is 280 g/mol. The molecule has 0 aromatic carbocycles. The molecule has 0 spiro atoms. The van der Waals surface area contributed by atoms with Gasteiger partial charge in [0.1, 0.15) is 0 Å². The van der Waals surface area contributed by atoms with Crippen molar-refractivity contribution in [3.63, 3.8) is 0 Å². The van der Waals surface area contributed by atoms with Crippen LogP contribution < -0.4 is 4.72 Å². The molecule has 18 heavy (non-hydrogen) atoms. The fraction of sp³-hybridized carbons (Fsp3) is 1.00. The molecule has 0 amide bonds. The summed E-state index contributed by atoms with van der Waals surface area (Å²) < 4.78 is 32.7. The summed E-state index contributed by atoms with van der Waals surface area (Å²) >= 11 is 0. The van der Waals surface area contributed by atoms with Crippen LogP contribution in [0.5, 0.6) is 0 Å². The molecular formula is C11H24N2O4S. The van der Waals surface area contributed by atoms with Crippen molar-refractivity contribution >= 4 is 10.2 Å². The molecule has 1 aliphatic rings. The van der Waals surface area contributed by atoms with Gasteiger partial charge in [-0.3, -0.25) is 0 Å². The predicted octanol–water partition coefficient (Wildman–Crippen LogP) is -0.0483. The maximum absolute atomic E-state index is 11.9. The predicted molar refractivity (Wildman–Crippen MR) is 69.4 cm³/mol. The van der Waals surface area contributed by atoms with Crippen molar-refractivity contribution in [2.24, 2.45) is 5.41 Å². The quantitative estimate of drug-likeness (QED) is 0.588. The summed E-state index contributed by atoms with van der Waals surface area (Å²) in [5, 5.41) is 8.69. The van der Waals surface area contributed by atoms with E-state index in [4.69, 9.17) is 9.84 Å². The zero-order chi connectivity index (χ0) is 13.6. The molecule has 0 radical (unpaired) electrons. The van der Waals surface area contributed by atoms with E-state index in [0.29, 0.717) is 26.1 Å². The molecule has 0 atom stereocenters. The summed E-state index contributed by atoms with van der Waals surface area (Å²) in [5.41, 5.74) is 0.0981. The van der Waals surface area contributed by atoms with E-state index in [9.17, 15) is 8.42 Å². The van der Waals surface area contributed by atoms with Gasteiger partial charge in [0.05, 0.1) is 0 Å². The van der Waals surface area contributed by atoms with Crippen LogP contribution in [-0.4, -0.2) is 58.3 Å². The van der Waals surface area contributed by atoms with Crippen molar-refractivity contribution in [1.29, 1.82) is 0 Å². The highest BCUT2D eigenvalue weighted by atomic mass is 32.2. The van der Waals surface area contributed by atoms with Crippen LogP contribution >= 0.6 is 0 Å². The number of methoxy groups -OCH3 is 1. The topological polar surface area (TPSA) is 78.9 Å². The lowest BCUT2D eigenvalue weighted by molar-refractivity contribution is 0.172. The number of rotatable bonds is 10. The molecule has 1 rings (SSSR count). The van der Waals surface area contributed by atoms with Gasteiger partial charge >= 0.3 is 0 Å². The highest BCUT2D eigenvalue weighted by molar-refractivity contribution is 7.87. The molecule has 0 aliphatic heterocycles. The number of aliphatic hydroxyl groups is 1. The van der Waals surface area contributed by atoms with E-state index >= 15 is 0 Å². The fourth-order valence-corrected chi connectivity index (χ4v) is 2.86. The maximum atomic E-state index is 11.9. The molecule has 0 aromatic heterocycles. The Bertz CT molecular complexity index is 341. The summed E-state index contributed by atoms with van der Waals surface area (Å²) in [5.74, 6) is 0. The van der Waals surface area contributed by atoms with Gasteiger partial charge in [-0.2, -0.15) is 12.7 Å². The number of aliphatic hydroxyl groups excluding tert-OH is 1. The SMILES string of the molecule is COCCC1(CNS(=O)(=O)N(C)CCCO)CC1. The Morgan fingerprint density at radius 1 is 1.44 bits per heavy atom. The Hall–Kier alpha value is -0.210. The average Bonchev–Trinajstić information content (AvgIpc) is 3.12. The molecule has 0 unspecified atom stereocenters. The summed E-state index contributed by atoms with van der Waals surface area (Å²) in [6.07, 6.45) is 3.46. The first-order chi connectivity index (χ1) is 8.46. The third-order valence-electron chi connectivity index (χ3n) is 3.46. The molecule has 1 fully saturated rings. The minimum atomic E-state index is -3.42. The minimum Gasteiger partial charge on any atom is -0.396 e. The van der Waals surface area contributed by atoms with Gasteiger partial charge in [0, 0.05) is 40.5 Å². The Balaban J connectivity index is 2.37. The second-order valence-electron chi connectivity index (χ2n) is 4.97. The number of nitrogens with one attached hydrogen (secondary N) is 1. The number of hydrogen-bond donors (Lipinski definition) is 2. The second-order valence-corrected chi connectivity index (χ2v) is 6.83. The van der Waals surface area contributed by atoms with Gasteiger partial charge in [0.25, 0.3) is 10.2 Å². The molecule has 2 N–H and O–H groups in total. The third kappa shape index (κ3) is 4.81. The van der Waals surface area contributed by atoms with Crippen LogP contribution in [0.4, 0.5) is 0 Å². The van der Waals surface area contributed by atoms with E-state index in [1.807, 2.05) is 0 Å². The first kappa shape index (κ1) is 15.8. The van der Waals surface area contributed by atoms with E-state index in [0.717, 1.165) is 19.3 Å². The normalized spacial score (nSPS) is 18.2. The molecular weight excluding hydrogens is 256 g/mol. The molecule has 7 heteroatoms. The summed E-state index contributed by atoms with van der Waals surface area (Å²) in [7, 11) is -0.243. The molecule has 1 saturated carbocycles. The van der Waals surface area contributed by atoms with Crippen LogP contribution in [0.15, 0.2) is 0 Å². The van der Waals surface area contributed by atoms with Gasteiger partial charge in [-0.1, -0.05) is 0 Å². The van der Waals surface area contributed by atoms with Crippen molar-refractivity contribution in [1.82, 2.24) is 9.03 Å². The van der Waals surface area contributed by atoms with Crippen molar-refractivity contribution in [2.75, 3.05) is 40.5 Å². The number of hydrogen-bond acceptors (Lipinski definition) is 4. The van der Waals surface area contributed by atoms with Crippen LogP contribution in [0.1, 0.15) is 25.7 Å². The van der Waals surface area contributed by atoms with Crippen molar-refractivity contribution in [2.45, 2.75) is 25.7 Å². The van der Waals surface area contributed by atoms with Gasteiger partial charge < -0.3 is 9.84 Å². The Morgan fingerprint density at radius 3 is 2.61 bits per heavy atom. The number of ether oxygens (including phenoxy) is 1. The maximum Gasteiger partial charge on any atom is 0.279 e. The summed E-state index contributed by atoms with van der Waals surface area (Å²) in [6, 6.07) is 0. The molecule has 0 aromatic rings. The van der Waals surface area contributed by atoms with Crippen molar-refractivity contribution in [3.05, 3.63) is 0 Å². The number of nitrogens with zero attached hydrogens (tertiary/aromatic N) is 1. The summed E-state index contributed by atoms with van der Waals surface area (Å²) in [4.78, 5) is 0. The molecule has 6 nitrogen and oxygen atoms in total. The van der Waals surface area contributed by atoms with Gasteiger partial charge in [-0.05, 0) is 31.1 Å². The summed E-state index contributed by atoms with van der Waals surface area (Å²) in [6.45, 7) is 1.47. The molecule has 108 valence electrons. The van der Waals surface area contributed by atoms with Crippen molar-refractivity contribution < 1.29 is 18.3 Å². The van der Waals surface area contributed by atoms with Gasteiger partial charge in [0.15, 0.2) is 0 Å². The molecule has 0 bridgehead atoms. The molecule has 0 heterocycles. The second kappa shape index (κ2) is 6.81. The molecule has 0 saturated heterocycles. The van der Waals surface area contributed by atoms with Gasteiger partial charge in [-0.25, -0.2) is 4.72 Å². The van der Waals surface area contributed by atoms with E-state index in [-0.39, 0.29) is 12.0 Å². The van der Waals surface area contributed by atoms with E-state index in [1.165, 1.54) is 11.4 Å². The van der Waals surface area contributed by atoms with E-state index in [1.54, 1.807) is 7.11 Å². The Labute approximate surface area is 109 Å². The Kier molecular flexibility index (Phi) is 6.00. The van der Waals surface area contributed by atoms with Crippen LogP contribution in [0.3, 0.4) is 0 Å². The van der Waals surface area contributed by atoms with Crippen LogP contribution in [-0.2, 0) is 14.9 Å².